The molecule has 1 aliphatic heterocycles. The van der Waals surface area contributed by atoms with Crippen LogP contribution in [0.5, 0.6) is 0 Å². The van der Waals surface area contributed by atoms with Crippen molar-refractivity contribution in [1.29, 1.82) is 0 Å². The van der Waals surface area contributed by atoms with E-state index >= 15 is 0 Å². The number of nitrogens with one attached hydrogen (secondary N) is 1. The first-order valence-corrected chi connectivity index (χ1v) is 4.53. The van der Waals surface area contributed by atoms with Crippen LogP contribution in [0.2, 0.25) is 0 Å². The SMILES string of the molecule is OS1(O)CCNCC1. The van der Waals surface area contributed by atoms with E-state index in [2.05, 4.69) is 5.32 Å². The molecule has 4 heteroatoms. The van der Waals surface area contributed by atoms with E-state index in [1.54, 1.807) is 0 Å². The van der Waals surface area contributed by atoms with Crippen molar-refractivity contribution < 1.29 is 9.11 Å². The molecular formula is C4H11NO2S. The van der Waals surface area contributed by atoms with Gasteiger partial charge in [0.05, 0.1) is 0 Å². The van der Waals surface area contributed by atoms with Gasteiger partial charge >= 0.3 is 0 Å². The molecule has 0 amide bonds. The normalized spacial score (nSPS) is 31.8. The standard InChI is InChI=1S/C4H11NO2S/c6-8(7)3-1-5-2-4-8/h5-7H,1-4H2. The summed E-state index contributed by atoms with van der Waals surface area (Å²) in [5.74, 6) is 1.07. The molecule has 0 atom stereocenters. The Bertz CT molecular complexity index is 78.1. The van der Waals surface area contributed by atoms with Crippen molar-refractivity contribution in [3.8, 4) is 0 Å². The average molecular weight is 137 g/mol. The Morgan fingerprint density at radius 3 is 1.88 bits per heavy atom. The zero-order chi connectivity index (χ0) is 6.04. The lowest BCUT2D eigenvalue weighted by Gasteiger charge is -2.35. The van der Waals surface area contributed by atoms with E-state index in [0.717, 1.165) is 13.1 Å². The van der Waals surface area contributed by atoms with Crippen molar-refractivity contribution in [3.05, 3.63) is 0 Å². The van der Waals surface area contributed by atoms with Gasteiger partial charge in [0.15, 0.2) is 0 Å². The Morgan fingerprint density at radius 2 is 1.62 bits per heavy atom. The second kappa shape index (κ2) is 2.23. The molecule has 1 aliphatic rings. The van der Waals surface area contributed by atoms with Gasteiger partial charge in [-0.15, -0.1) is 0 Å². The minimum absolute atomic E-state index is 0.535. The fourth-order valence-corrected chi connectivity index (χ4v) is 1.84. The number of rotatable bonds is 0. The van der Waals surface area contributed by atoms with E-state index in [0.29, 0.717) is 11.5 Å². The summed E-state index contributed by atoms with van der Waals surface area (Å²) >= 11 is 0. The monoisotopic (exact) mass is 137 g/mol. The van der Waals surface area contributed by atoms with Crippen LogP contribution in [0.25, 0.3) is 0 Å². The van der Waals surface area contributed by atoms with Crippen LogP contribution in [0.4, 0.5) is 0 Å². The lowest BCUT2D eigenvalue weighted by atomic mass is 10.6. The van der Waals surface area contributed by atoms with Crippen LogP contribution >= 0.6 is 10.6 Å². The van der Waals surface area contributed by atoms with Crippen LogP contribution in [0.3, 0.4) is 0 Å². The predicted octanol–water partition coefficient (Wildman–Crippen LogP) is 0.340. The molecule has 0 aromatic heterocycles. The van der Waals surface area contributed by atoms with Gasteiger partial charge in [0.25, 0.3) is 0 Å². The molecular weight excluding hydrogens is 126 g/mol. The van der Waals surface area contributed by atoms with Crippen molar-refractivity contribution in [2.24, 2.45) is 0 Å². The second-order valence-electron chi connectivity index (χ2n) is 1.96. The smallest absolute Gasteiger partial charge is 0.0499 e. The molecule has 50 valence electrons. The third-order valence-corrected chi connectivity index (χ3v) is 2.93. The third-order valence-electron chi connectivity index (χ3n) is 1.21. The zero-order valence-corrected chi connectivity index (χ0v) is 5.45. The molecule has 0 unspecified atom stereocenters. The van der Waals surface area contributed by atoms with E-state index < -0.39 is 10.6 Å². The molecule has 0 radical (unpaired) electrons. The highest BCUT2D eigenvalue weighted by Crippen LogP contribution is 2.38. The summed E-state index contributed by atoms with van der Waals surface area (Å²) in [5, 5.41) is 3.04. The molecule has 0 spiro atoms. The molecule has 0 saturated carbocycles. The maximum Gasteiger partial charge on any atom is 0.0499 e. The summed E-state index contributed by atoms with van der Waals surface area (Å²) < 4.78 is 17.9. The lowest BCUT2D eigenvalue weighted by Crippen LogP contribution is -2.33. The maximum absolute atomic E-state index is 8.97. The number of hydrogen-bond acceptors (Lipinski definition) is 3. The Labute approximate surface area is 50.4 Å². The third kappa shape index (κ3) is 1.63. The first-order valence-electron chi connectivity index (χ1n) is 2.65. The van der Waals surface area contributed by atoms with Crippen molar-refractivity contribution in [1.82, 2.24) is 5.32 Å². The van der Waals surface area contributed by atoms with Gasteiger partial charge in [0.2, 0.25) is 0 Å². The van der Waals surface area contributed by atoms with Gasteiger partial charge in [-0.05, 0) is 0 Å². The molecule has 8 heavy (non-hydrogen) atoms. The highest BCUT2D eigenvalue weighted by Gasteiger charge is 2.14. The summed E-state index contributed by atoms with van der Waals surface area (Å²) in [6.07, 6.45) is 0. The molecule has 1 saturated heterocycles. The molecule has 1 fully saturated rings. The first-order chi connectivity index (χ1) is 3.71. The minimum atomic E-state index is -2.15. The summed E-state index contributed by atoms with van der Waals surface area (Å²) in [5.41, 5.74) is 0. The highest BCUT2D eigenvalue weighted by molar-refractivity contribution is 8.24. The minimum Gasteiger partial charge on any atom is -0.314 e. The van der Waals surface area contributed by atoms with Gasteiger partial charge in [-0.1, -0.05) is 0 Å². The van der Waals surface area contributed by atoms with Gasteiger partial charge in [-0.3, -0.25) is 9.11 Å². The Hall–Kier alpha value is 0.230. The molecule has 0 aliphatic carbocycles. The van der Waals surface area contributed by atoms with E-state index in [1.807, 2.05) is 0 Å². The predicted molar refractivity (Wildman–Crippen MR) is 35.5 cm³/mol. The Morgan fingerprint density at radius 1 is 1.12 bits per heavy atom. The number of hydrogen-bond donors (Lipinski definition) is 3. The molecule has 0 bridgehead atoms. The van der Waals surface area contributed by atoms with Gasteiger partial charge in [-0.2, -0.15) is 10.6 Å². The van der Waals surface area contributed by atoms with Crippen LogP contribution < -0.4 is 5.32 Å². The molecule has 0 aromatic rings. The van der Waals surface area contributed by atoms with Crippen LogP contribution in [0.1, 0.15) is 0 Å². The second-order valence-corrected chi connectivity index (χ2v) is 4.38. The van der Waals surface area contributed by atoms with Gasteiger partial charge in [0.1, 0.15) is 0 Å². The summed E-state index contributed by atoms with van der Waals surface area (Å²) in [7, 11) is -2.15. The zero-order valence-electron chi connectivity index (χ0n) is 4.63. The van der Waals surface area contributed by atoms with Crippen LogP contribution in [0.15, 0.2) is 0 Å². The summed E-state index contributed by atoms with van der Waals surface area (Å²) in [4.78, 5) is 0. The van der Waals surface area contributed by atoms with Crippen molar-refractivity contribution in [2.75, 3.05) is 24.6 Å². The average Bonchev–Trinajstić information content (AvgIpc) is 1.65. The fraction of sp³-hybridized carbons (Fsp3) is 1.00. The van der Waals surface area contributed by atoms with Crippen molar-refractivity contribution >= 4 is 10.6 Å². The molecule has 1 heterocycles. The highest BCUT2D eigenvalue weighted by atomic mass is 32.3. The fourth-order valence-electron chi connectivity index (χ4n) is 0.698. The molecule has 3 N–H and O–H groups in total. The van der Waals surface area contributed by atoms with Crippen molar-refractivity contribution in [3.63, 3.8) is 0 Å². The van der Waals surface area contributed by atoms with E-state index in [4.69, 9.17) is 9.11 Å². The van der Waals surface area contributed by atoms with E-state index in [-0.39, 0.29) is 0 Å². The molecule has 0 aromatic carbocycles. The Kier molecular flexibility index (Phi) is 1.77. The molecule has 1 rings (SSSR count). The van der Waals surface area contributed by atoms with Gasteiger partial charge in [-0.25, -0.2) is 0 Å². The van der Waals surface area contributed by atoms with E-state index in [9.17, 15) is 0 Å². The lowest BCUT2D eigenvalue weighted by molar-refractivity contribution is 0.473. The van der Waals surface area contributed by atoms with Gasteiger partial charge < -0.3 is 5.32 Å². The van der Waals surface area contributed by atoms with Crippen LogP contribution in [-0.4, -0.2) is 33.7 Å². The summed E-state index contributed by atoms with van der Waals surface area (Å²) in [6.45, 7) is 1.50. The quantitative estimate of drug-likeness (QED) is 0.451. The topological polar surface area (TPSA) is 52.5 Å². The van der Waals surface area contributed by atoms with Crippen LogP contribution in [0, 0.1) is 0 Å². The molecule has 3 nitrogen and oxygen atoms in total. The first kappa shape index (κ1) is 6.35. The van der Waals surface area contributed by atoms with E-state index in [1.165, 1.54) is 0 Å². The maximum atomic E-state index is 8.97. The Balaban J connectivity index is 2.33. The van der Waals surface area contributed by atoms with Crippen molar-refractivity contribution in [2.45, 2.75) is 0 Å². The van der Waals surface area contributed by atoms with Gasteiger partial charge in [0, 0.05) is 24.6 Å². The summed E-state index contributed by atoms with van der Waals surface area (Å²) in [6, 6.07) is 0. The van der Waals surface area contributed by atoms with Crippen LogP contribution in [-0.2, 0) is 0 Å². The largest absolute Gasteiger partial charge is 0.314 e.